The van der Waals surface area contributed by atoms with Crippen molar-refractivity contribution in [2.45, 2.75) is 0 Å². The first-order valence-corrected chi connectivity index (χ1v) is 11.4. The summed E-state index contributed by atoms with van der Waals surface area (Å²) >= 11 is 0. The molecule has 0 spiro atoms. The summed E-state index contributed by atoms with van der Waals surface area (Å²) in [6.45, 7) is 0. The van der Waals surface area contributed by atoms with E-state index in [1.165, 1.54) is 11.1 Å². The number of nitrogens with zero attached hydrogens (tertiary/aromatic N) is 2. The zero-order chi connectivity index (χ0) is 22.5. The smallest absolute Gasteiger partial charge is 0.227 e. The lowest BCUT2D eigenvalue weighted by Crippen LogP contribution is -1.93. The third-order valence-corrected chi connectivity index (χ3v) is 6.44. The molecule has 2 heterocycles. The molecule has 0 radical (unpaired) electrons. The Balaban J connectivity index is 1.47. The minimum atomic E-state index is 0.646. The van der Waals surface area contributed by atoms with Crippen molar-refractivity contribution in [1.82, 2.24) is 9.55 Å². The van der Waals surface area contributed by atoms with E-state index in [-0.39, 0.29) is 0 Å². The lowest BCUT2D eigenvalue weighted by molar-refractivity contribution is 0.623. The summed E-state index contributed by atoms with van der Waals surface area (Å²) < 4.78 is 8.69. The van der Waals surface area contributed by atoms with Gasteiger partial charge in [0.15, 0.2) is 5.58 Å². The molecule has 7 aromatic rings. The van der Waals surface area contributed by atoms with Crippen LogP contribution in [0, 0.1) is 0 Å². The van der Waals surface area contributed by atoms with Crippen molar-refractivity contribution in [3.63, 3.8) is 0 Å². The number of fused-ring (bicyclic) bond motifs is 5. The van der Waals surface area contributed by atoms with Crippen molar-refractivity contribution in [2.75, 3.05) is 0 Å². The zero-order valence-corrected chi connectivity index (χ0v) is 18.3. The lowest BCUT2D eigenvalue weighted by atomic mass is 10.1. The molecule has 0 saturated carbocycles. The predicted molar refractivity (Wildman–Crippen MR) is 139 cm³/mol. The molecule has 0 fully saturated rings. The number of para-hydroxylation sites is 1. The number of hydrogen-bond donors (Lipinski definition) is 0. The summed E-state index contributed by atoms with van der Waals surface area (Å²) in [5, 5.41) is 2.25. The molecule has 0 atom stereocenters. The highest BCUT2D eigenvalue weighted by Crippen LogP contribution is 2.38. The van der Waals surface area contributed by atoms with E-state index >= 15 is 0 Å². The van der Waals surface area contributed by atoms with E-state index < -0.39 is 0 Å². The van der Waals surface area contributed by atoms with Crippen molar-refractivity contribution >= 4 is 32.9 Å². The van der Waals surface area contributed by atoms with E-state index in [1.54, 1.807) is 0 Å². The molecule has 5 aromatic carbocycles. The van der Waals surface area contributed by atoms with Gasteiger partial charge in [0.25, 0.3) is 0 Å². The molecule has 2 aromatic heterocycles. The minimum Gasteiger partial charge on any atom is -0.435 e. The molecule has 7 rings (SSSR count). The Bertz CT molecular complexity index is 1780. The lowest BCUT2D eigenvalue weighted by Gasteiger charge is -2.09. The van der Waals surface area contributed by atoms with Crippen LogP contribution in [0.2, 0.25) is 0 Å². The molecule has 0 bridgehead atoms. The normalized spacial score (nSPS) is 11.5. The maximum Gasteiger partial charge on any atom is 0.227 e. The summed E-state index contributed by atoms with van der Waals surface area (Å²) in [6.07, 6.45) is 0. The second-order valence-corrected chi connectivity index (χ2v) is 8.46. The molecule has 0 unspecified atom stereocenters. The van der Waals surface area contributed by atoms with E-state index in [2.05, 4.69) is 89.5 Å². The van der Waals surface area contributed by atoms with E-state index in [0.717, 1.165) is 44.2 Å². The molecular formula is C31H20N2O. The summed E-state index contributed by atoms with van der Waals surface area (Å²) in [4.78, 5) is 4.79. The highest BCUT2D eigenvalue weighted by atomic mass is 16.3. The first-order chi connectivity index (χ1) is 16.9. The molecule has 0 aliphatic rings. The van der Waals surface area contributed by atoms with Gasteiger partial charge in [0.05, 0.1) is 16.4 Å². The van der Waals surface area contributed by atoms with E-state index in [9.17, 15) is 0 Å². The maximum absolute atomic E-state index is 6.38. The highest BCUT2D eigenvalue weighted by molar-refractivity contribution is 6.19. The topological polar surface area (TPSA) is 31.0 Å². The Morgan fingerprint density at radius 1 is 0.529 bits per heavy atom. The minimum absolute atomic E-state index is 0.646. The maximum atomic E-state index is 6.38. The Hall–Kier alpha value is -4.63. The molecule has 3 heteroatoms. The average Bonchev–Trinajstić information content (AvgIpc) is 3.49. The van der Waals surface area contributed by atoms with Crippen molar-refractivity contribution < 1.29 is 4.42 Å². The Morgan fingerprint density at radius 2 is 1.18 bits per heavy atom. The van der Waals surface area contributed by atoms with Gasteiger partial charge in [-0.1, -0.05) is 78.9 Å². The fourth-order valence-electron chi connectivity index (χ4n) is 4.85. The van der Waals surface area contributed by atoms with Crippen molar-refractivity contribution in [3.8, 4) is 28.3 Å². The number of rotatable bonds is 3. The number of aromatic nitrogens is 2. The molecule has 0 saturated heterocycles. The average molecular weight is 437 g/mol. The highest BCUT2D eigenvalue weighted by Gasteiger charge is 2.18. The summed E-state index contributed by atoms with van der Waals surface area (Å²) in [6, 6.07) is 42.0. The second kappa shape index (κ2) is 7.46. The summed E-state index contributed by atoms with van der Waals surface area (Å²) in [5.41, 5.74) is 8.47. The Kier molecular flexibility index (Phi) is 4.15. The van der Waals surface area contributed by atoms with Crippen LogP contribution in [0.5, 0.6) is 0 Å². The van der Waals surface area contributed by atoms with Gasteiger partial charge < -0.3 is 8.98 Å². The van der Waals surface area contributed by atoms with Crippen LogP contribution in [-0.4, -0.2) is 9.55 Å². The molecular weight excluding hydrogens is 416 g/mol. The summed E-state index contributed by atoms with van der Waals surface area (Å²) in [7, 11) is 0. The Morgan fingerprint density at radius 3 is 1.94 bits per heavy atom. The van der Waals surface area contributed by atoms with Crippen LogP contribution in [0.15, 0.2) is 126 Å². The quantitative estimate of drug-likeness (QED) is 0.279. The van der Waals surface area contributed by atoms with Gasteiger partial charge in [0.2, 0.25) is 5.89 Å². The Labute approximate surface area is 196 Å². The molecule has 34 heavy (non-hydrogen) atoms. The van der Waals surface area contributed by atoms with Crippen LogP contribution in [0.25, 0.3) is 61.2 Å². The molecule has 0 amide bonds. The van der Waals surface area contributed by atoms with Gasteiger partial charge in [-0.15, -0.1) is 0 Å². The van der Waals surface area contributed by atoms with E-state index in [1.807, 2.05) is 36.4 Å². The number of oxazole rings is 1. The molecule has 160 valence electrons. The first kappa shape index (κ1) is 18.9. The van der Waals surface area contributed by atoms with Gasteiger partial charge >= 0.3 is 0 Å². The van der Waals surface area contributed by atoms with Crippen molar-refractivity contribution in [1.29, 1.82) is 0 Å². The van der Waals surface area contributed by atoms with Crippen LogP contribution >= 0.6 is 0 Å². The predicted octanol–water partition coefficient (Wildman–Crippen LogP) is 8.26. The van der Waals surface area contributed by atoms with E-state index in [4.69, 9.17) is 9.40 Å². The van der Waals surface area contributed by atoms with Gasteiger partial charge in [-0.05, 0) is 53.6 Å². The van der Waals surface area contributed by atoms with Crippen LogP contribution in [0.4, 0.5) is 0 Å². The fourth-order valence-corrected chi connectivity index (χ4v) is 4.85. The third kappa shape index (κ3) is 2.87. The van der Waals surface area contributed by atoms with Gasteiger partial charge in [0.1, 0.15) is 5.52 Å². The molecule has 0 N–H and O–H groups in total. The first-order valence-electron chi connectivity index (χ1n) is 11.4. The largest absolute Gasteiger partial charge is 0.435 e. The monoisotopic (exact) mass is 436 g/mol. The van der Waals surface area contributed by atoms with Gasteiger partial charge in [0, 0.05) is 16.6 Å². The van der Waals surface area contributed by atoms with Crippen molar-refractivity contribution in [3.05, 3.63) is 121 Å². The molecule has 0 aliphatic heterocycles. The van der Waals surface area contributed by atoms with Gasteiger partial charge in [-0.25, -0.2) is 4.98 Å². The van der Waals surface area contributed by atoms with Crippen molar-refractivity contribution in [2.24, 2.45) is 0 Å². The third-order valence-electron chi connectivity index (χ3n) is 6.44. The number of benzene rings is 5. The fraction of sp³-hybridized carbons (Fsp3) is 0. The second-order valence-electron chi connectivity index (χ2n) is 8.46. The van der Waals surface area contributed by atoms with Gasteiger partial charge in [-0.2, -0.15) is 0 Å². The van der Waals surface area contributed by atoms with Crippen LogP contribution < -0.4 is 0 Å². The zero-order valence-electron chi connectivity index (χ0n) is 18.3. The summed E-state index contributed by atoms with van der Waals surface area (Å²) in [5.74, 6) is 0.646. The van der Waals surface area contributed by atoms with E-state index in [0.29, 0.717) is 5.89 Å². The SMILES string of the molecule is c1ccc(-c2ccc(-n3c4ccccc4c4c5oc(-c6ccccc6)nc5ccc43)cc2)cc1. The molecule has 3 nitrogen and oxygen atoms in total. The number of hydrogen-bond acceptors (Lipinski definition) is 2. The standard InChI is InChI=1S/C31H20N2O/c1-3-9-21(10-4-1)22-15-17-24(18-16-22)33-27-14-8-7-13-25(27)29-28(33)20-19-26-30(29)34-31(32-26)23-11-5-2-6-12-23/h1-20H. The van der Waals surface area contributed by atoms with Crippen LogP contribution in [0.1, 0.15) is 0 Å². The van der Waals surface area contributed by atoms with Crippen LogP contribution in [-0.2, 0) is 0 Å². The van der Waals surface area contributed by atoms with Crippen LogP contribution in [0.3, 0.4) is 0 Å². The van der Waals surface area contributed by atoms with Gasteiger partial charge in [-0.3, -0.25) is 0 Å². The molecule has 0 aliphatic carbocycles.